The highest BCUT2D eigenvalue weighted by Crippen LogP contribution is 2.45. The summed E-state index contributed by atoms with van der Waals surface area (Å²) in [5, 5.41) is 20.6. The molecule has 0 bridgehead atoms. The number of unbranched alkanes of at least 4 members (excludes halogenated alkanes) is 23. The first-order chi connectivity index (χ1) is 49.2. The second kappa shape index (κ2) is 74.9. The maximum atomic E-state index is 12.9. The molecule has 16 nitrogen and oxygen atoms in total. The molecule has 5 unspecified atom stereocenters. The molecule has 576 valence electrons. The van der Waals surface area contributed by atoms with E-state index in [-0.39, 0.29) is 19.3 Å². The Labute approximate surface area is 612 Å². The van der Waals surface area contributed by atoms with E-state index in [1.54, 1.807) is 0 Å². The number of ether oxygens (including phenoxy) is 3. The van der Waals surface area contributed by atoms with Gasteiger partial charge in [0.25, 0.3) is 0 Å². The van der Waals surface area contributed by atoms with Crippen molar-refractivity contribution in [2.24, 2.45) is 0 Å². The van der Waals surface area contributed by atoms with Gasteiger partial charge in [-0.2, -0.15) is 0 Å². The van der Waals surface area contributed by atoms with E-state index in [0.717, 1.165) is 173 Å². The van der Waals surface area contributed by atoms with Crippen LogP contribution in [0.2, 0.25) is 0 Å². The van der Waals surface area contributed by atoms with E-state index in [0.29, 0.717) is 19.3 Å². The van der Waals surface area contributed by atoms with Crippen molar-refractivity contribution in [1.29, 1.82) is 0 Å². The molecule has 0 fully saturated rings. The quantitative estimate of drug-likeness (QED) is 0.0146. The maximum Gasteiger partial charge on any atom is 0.472 e. The summed E-state index contributed by atoms with van der Waals surface area (Å²) in [6.45, 7) is 2.33. The van der Waals surface area contributed by atoms with E-state index in [1.165, 1.54) is 57.8 Å². The zero-order chi connectivity index (χ0) is 73.7. The molecule has 5 atom stereocenters. The maximum absolute atomic E-state index is 12.9. The average molecular weight is 1450 g/mol. The van der Waals surface area contributed by atoms with Crippen LogP contribution in [0.5, 0.6) is 0 Å². The van der Waals surface area contributed by atoms with Crippen LogP contribution in [0, 0.1) is 0 Å². The molecule has 0 heterocycles. The van der Waals surface area contributed by atoms with Gasteiger partial charge in [-0.15, -0.1) is 0 Å². The Balaban J connectivity index is 4.54. The lowest BCUT2D eigenvalue weighted by Crippen LogP contribution is -2.30. The summed E-state index contributed by atoms with van der Waals surface area (Å²) in [4.78, 5) is 58.6. The Kier molecular flexibility index (Phi) is 71.3. The fourth-order valence-corrected chi connectivity index (χ4v) is 11.5. The van der Waals surface area contributed by atoms with Gasteiger partial charge in [-0.05, 0) is 141 Å². The lowest BCUT2D eigenvalue weighted by atomic mass is 10.0. The summed E-state index contributed by atoms with van der Waals surface area (Å²) in [7, 11) is -9.81. The van der Waals surface area contributed by atoms with Gasteiger partial charge in [0.2, 0.25) is 0 Å². The van der Waals surface area contributed by atoms with Gasteiger partial charge in [-0.1, -0.05) is 288 Å². The van der Waals surface area contributed by atoms with E-state index < -0.39 is 91.5 Å². The minimum absolute atomic E-state index is 0.0775. The third-order valence-corrected chi connectivity index (χ3v) is 17.6. The van der Waals surface area contributed by atoms with E-state index in [4.69, 9.17) is 32.3 Å². The van der Waals surface area contributed by atoms with Crippen molar-refractivity contribution in [2.75, 3.05) is 39.6 Å². The van der Waals surface area contributed by atoms with Gasteiger partial charge in [0.1, 0.15) is 25.4 Å². The highest BCUT2D eigenvalue weighted by Gasteiger charge is 2.29. The number of allylic oxidation sites excluding steroid dienone is 26. The number of rotatable bonds is 72. The number of carbonyl (C=O) groups excluding carboxylic acids is 3. The predicted molar refractivity (Wildman–Crippen MR) is 417 cm³/mol. The zero-order valence-electron chi connectivity index (χ0n) is 62.8. The lowest BCUT2D eigenvalue weighted by Gasteiger charge is -2.21. The minimum Gasteiger partial charge on any atom is -0.463 e. The summed E-state index contributed by atoms with van der Waals surface area (Å²) in [6, 6.07) is 0. The Morgan fingerprint density at radius 2 is 0.525 bits per heavy atom. The molecule has 0 aliphatic heterocycles. The molecule has 0 amide bonds. The van der Waals surface area contributed by atoms with Crippen LogP contribution in [0.15, 0.2) is 158 Å². The molecule has 4 N–H and O–H groups in total. The molecule has 0 saturated heterocycles. The van der Waals surface area contributed by atoms with Crippen LogP contribution in [0.25, 0.3) is 0 Å². The highest BCUT2D eigenvalue weighted by atomic mass is 31.2. The van der Waals surface area contributed by atoms with Gasteiger partial charge in [-0.3, -0.25) is 32.5 Å². The Morgan fingerprint density at radius 1 is 0.287 bits per heavy atom. The van der Waals surface area contributed by atoms with Crippen molar-refractivity contribution in [3.05, 3.63) is 158 Å². The summed E-state index contributed by atoms with van der Waals surface area (Å²) in [6.07, 6.45) is 93.0. The molecular formula is C83H138O16P2. The van der Waals surface area contributed by atoms with Crippen molar-refractivity contribution in [1.82, 2.24) is 0 Å². The number of carbonyl (C=O) groups is 3. The lowest BCUT2D eigenvalue weighted by molar-refractivity contribution is -0.161. The standard InChI is InChI=1S/C83H138O16P2/c1-4-7-10-13-16-19-22-25-27-29-31-33-35-36-37-38-39-40-42-44-45-47-49-52-54-57-60-63-66-69-81(86)93-72-78(84)73-95-100(89,90)96-74-79(85)75-97-101(91,92)98-77-80(99-83(88)71-68-65-62-59-56-51-24-21-18-15-12-9-6-3)76-94-82(87)70-67-64-61-58-55-53-50-48-46-43-41-34-32-30-28-26-23-20-17-14-11-8-5-2/h7-8,10-12,15-17,19-21,24-28,31-34,36-37,43,46,50,53,78-80,84-85H,4-6,9,13-14,18,22-23,29-30,35,38-42,44-45,47-49,51-52,54-77H2,1-3H3,(H,89,90)(H,91,92)/b10-7-,11-8-,15-12-,19-16-,20-17-,24-21-,27-25-,28-26-,33-31-,34-32-,37-36-,46-43-,53-50-. The molecule has 0 spiro atoms. The minimum atomic E-state index is -4.94. The van der Waals surface area contributed by atoms with Gasteiger partial charge in [0.05, 0.1) is 26.4 Å². The third kappa shape index (κ3) is 76.1. The molecule has 0 aromatic carbocycles. The molecule has 0 aromatic rings. The highest BCUT2D eigenvalue weighted by molar-refractivity contribution is 7.47. The largest absolute Gasteiger partial charge is 0.472 e. The van der Waals surface area contributed by atoms with Crippen LogP contribution in [-0.4, -0.2) is 95.9 Å². The molecule has 0 rings (SSSR count). The number of phosphoric acid groups is 2. The smallest absolute Gasteiger partial charge is 0.463 e. The number of aliphatic hydroxyl groups is 2. The predicted octanol–water partition coefficient (Wildman–Crippen LogP) is 22.6. The van der Waals surface area contributed by atoms with Crippen molar-refractivity contribution >= 4 is 33.6 Å². The molecule has 0 aromatic heterocycles. The summed E-state index contributed by atoms with van der Waals surface area (Å²) >= 11 is 0. The monoisotopic (exact) mass is 1450 g/mol. The second-order valence-corrected chi connectivity index (χ2v) is 28.3. The van der Waals surface area contributed by atoms with Gasteiger partial charge >= 0.3 is 33.6 Å². The van der Waals surface area contributed by atoms with E-state index in [1.807, 2.05) is 0 Å². The van der Waals surface area contributed by atoms with Gasteiger partial charge in [0.15, 0.2) is 6.10 Å². The van der Waals surface area contributed by atoms with Gasteiger partial charge in [0, 0.05) is 19.3 Å². The van der Waals surface area contributed by atoms with E-state index in [2.05, 4.69) is 179 Å². The molecule has 0 saturated carbocycles. The topological polar surface area (TPSA) is 231 Å². The van der Waals surface area contributed by atoms with Gasteiger partial charge in [-0.25, -0.2) is 9.13 Å². The molecule has 0 radical (unpaired) electrons. The van der Waals surface area contributed by atoms with Crippen molar-refractivity contribution in [2.45, 2.75) is 309 Å². The Hall–Kier alpha value is -4.83. The average Bonchev–Trinajstić information content (AvgIpc) is 0.939. The van der Waals surface area contributed by atoms with Crippen LogP contribution in [0.4, 0.5) is 0 Å². The van der Waals surface area contributed by atoms with Crippen LogP contribution >= 0.6 is 15.6 Å². The van der Waals surface area contributed by atoms with Gasteiger partial charge < -0.3 is 34.2 Å². The molecule has 101 heavy (non-hydrogen) atoms. The second-order valence-electron chi connectivity index (χ2n) is 25.4. The summed E-state index contributed by atoms with van der Waals surface area (Å²) in [5.41, 5.74) is 0. The van der Waals surface area contributed by atoms with Crippen LogP contribution in [0.1, 0.15) is 290 Å². The Bertz CT molecular complexity index is 2470. The molecule has 0 aliphatic rings. The first-order valence-electron chi connectivity index (χ1n) is 38.8. The fourth-order valence-electron chi connectivity index (χ4n) is 9.87. The van der Waals surface area contributed by atoms with Crippen molar-refractivity contribution < 1.29 is 75.8 Å². The molecular weight excluding hydrogens is 1310 g/mol. The Morgan fingerprint density at radius 3 is 0.832 bits per heavy atom. The number of esters is 3. The zero-order valence-corrected chi connectivity index (χ0v) is 64.6. The number of hydrogen-bond donors (Lipinski definition) is 4. The van der Waals surface area contributed by atoms with Crippen molar-refractivity contribution in [3.63, 3.8) is 0 Å². The van der Waals surface area contributed by atoms with Crippen molar-refractivity contribution in [3.8, 4) is 0 Å². The summed E-state index contributed by atoms with van der Waals surface area (Å²) in [5.74, 6) is -1.63. The van der Waals surface area contributed by atoms with E-state index in [9.17, 15) is 43.5 Å². The van der Waals surface area contributed by atoms with Crippen LogP contribution in [-0.2, 0) is 55.8 Å². The van der Waals surface area contributed by atoms with E-state index >= 15 is 0 Å². The SMILES string of the molecule is CC/C=C\C/C=C\C/C=C\C/C=C\C/C=C\C/C=C\CCCCCCC(=O)OCC(COP(=O)(O)OCC(O)COP(=O)(O)OCC(O)COC(=O)CCCCCCCCCCCCCCC/C=C\C/C=C\C/C=C\C/C=C\C/C=C\CC)OC(=O)CCCCCCC/C=C\C/C=C\CCC. The van der Waals surface area contributed by atoms with Crippen LogP contribution in [0.3, 0.4) is 0 Å². The van der Waals surface area contributed by atoms with Crippen LogP contribution < -0.4 is 0 Å². The third-order valence-electron chi connectivity index (χ3n) is 15.7. The fraction of sp³-hybridized carbons (Fsp3) is 0.651. The molecule has 0 aliphatic carbocycles. The number of hydrogen-bond acceptors (Lipinski definition) is 14. The molecule has 18 heteroatoms. The number of aliphatic hydroxyl groups excluding tert-OH is 2. The summed E-state index contributed by atoms with van der Waals surface area (Å²) < 4.78 is 61.0. The number of phosphoric ester groups is 2. The first kappa shape index (κ1) is 96.2. The first-order valence-corrected chi connectivity index (χ1v) is 41.8. The normalized spacial score (nSPS) is 14.9.